The molecule has 0 saturated carbocycles. The molecule has 4 rings (SSSR count). The van der Waals surface area contributed by atoms with Gasteiger partial charge in [-0.25, -0.2) is 0 Å². The minimum Gasteiger partial charge on any atom is -0.294 e. The zero-order valence-electron chi connectivity index (χ0n) is 10.4. The van der Waals surface area contributed by atoms with Crippen LogP contribution in [-0.4, -0.2) is 5.78 Å². The normalized spacial score (nSPS) is 28.4. The highest BCUT2D eigenvalue weighted by Gasteiger charge is 2.34. The van der Waals surface area contributed by atoms with Crippen LogP contribution < -0.4 is 0 Å². The summed E-state index contributed by atoms with van der Waals surface area (Å²) in [6, 6.07) is 6.32. The van der Waals surface area contributed by atoms with Gasteiger partial charge in [-0.15, -0.1) is 0 Å². The predicted octanol–water partition coefficient (Wildman–Crippen LogP) is 4.12. The quantitative estimate of drug-likeness (QED) is 0.619. The van der Waals surface area contributed by atoms with E-state index in [4.69, 9.17) is 0 Å². The lowest BCUT2D eigenvalue weighted by atomic mass is 9.68. The second-order valence-electron chi connectivity index (χ2n) is 5.58. The number of hydrogen-bond donors (Lipinski definition) is 0. The molecule has 0 fully saturated rings. The molecule has 0 heterocycles. The number of allylic oxidation sites excluding steroid dienone is 4. The fourth-order valence-corrected chi connectivity index (χ4v) is 3.79. The molecule has 3 aliphatic carbocycles. The highest BCUT2D eigenvalue weighted by molar-refractivity contribution is 5.99. The Balaban J connectivity index is 1.96. The molecule has 1 heteroatoms. The van der Waals surface area contributed by atoms with Crippen molar-refractivity contribution in [3.63, 3.8) is 0 Å². The van der Waals surface area contributed by atoms with E-state index in [1.165, 1.54) is 11.1 Å². The van der Waals surface area contributed by atoms with Crippen LogP contribution in [0.4, 0.5) is 0 Å². The van der Waals surface area contributed by atoms with Gasteiger partial charge in [0.25, 0.3) is 0 Å². The van der Waals surface area contributed by atoms with Gasteiger partial charge < -0.3 is 0 Å². The molecule has 1 aromatic rings. The van der Waals surface area contributed by atoms with Crippen LogP contribution in [0.5, 0.6) is 0 Å². The monoisotopic (exact) mass is 236 g/mol. The standard InChI is InChI=1S/C17H16O/c18-16-9-8-12-10-11-4-1-2-5-13(11)14-6-3-7-15(16)17(12)14/h1-3,6-7,10,12-13H,4-5,8-9H2. The summed E-state index contributed by atoms with van der Waals surface area (Å²) in [6.07, 6.45) is 10.9. The van der Waals surface area contributed by atoms with Crippen molar-refractivity contribution in [2.24, 2.45) is 0 Å². The molecule has 0 aromatic heterocycles. The van der Waals surface area contributed by atoms with Crippen LogP contribution in [0, 0.1) is 0 Å². The van der Waals surface area contributed by atoms with Crippen LogP contribution in [0.1, 0.15) is 59.0 Å². The van der Waals surface area contributed by atoms with Crippen LogP contribution >= 0.6 is 0 Å². The summed E-state index contributed by atoms with van der Waals surface area (Å²) >= 11 is 0. The number of fused-ring (bicyclic) bond motifs is 2. The summed E-state index contributed by atoms with van der Waals surface area (Å²) in [5.41, 5.74) is 5.33. The maximum Gasteiger partial charge on any atom is 0.163 e. The Labute approximate surface area is 107 Å². The third kappa shape index (κ3) is 1.30. The third-order valence-electron chi connectivity index (χ3n) is 4.62. The van der Waals surface area contributed by atoms with Gasteiger partial charge in [-0.3, -0.25) is 4.79 Å². The van der Waals surface area contributed by atoms with E-state index in [9.17, 15) is 4.79 Å². The molecule has 0 saturated heterocycles. The van der Waals surface area contributed by atoms with E-state index in [1.807, 2.05) is 6.07 Å². The first-order chi connectivity index (χ1) is 8.84. The van der Waals surface area contributed by atoms with Crippen LogP contribution in [-0.2, 0) is 0 Å². The summed E-state index contributed by atoms with van der Waals surface area (Å²) in [7, 11) is 0. The molecule has 90 valence electrons. The average Bonchev–Trinajstić information content (AvgIpc) is 2.43. The van der Waals surface area contributed by atoms with Crippen LogP contribution in [0.2, 0.25) is 0 Å². The number of carbonyl (C=O) groups is 1. The fraction of sp³-hybridized carbons (Fsp3) is 0.353. The summed E-state index contributed by atoms with van der Waals surface area (Å²) < 4.78 is 0. The van der Waals surface area contributed by atoms with Crippen molar-refractivity contribution in [1.29, 1.82) is 0 Å². The first kappa shape index (κ1) is 10.3. The number of Topliss-reactive ketones (excluding diaryl/α,β-unsaturated/α-hetero) is 1. The van der Waals surface area contributed by atoms with Crippen LogP contribution in [0.15, 0.2) is 42.0 Å². The van der Waals surface area contributed by atoms with Crippen molar-refractivity contribution in [3.05, 3.63) is 58.7 Å². The summed E-state index contributed by atoms with van der Waals surface area (Å²) in [5.74, 6) is 1.37. The molecule has 0 aliphatic heterocycles. The third-order valence-corrected chi connectivity index (χ3v) is 4.62. The number of benzene rings is 1. The van der Waals surface area contributed by atoms with Gasteiger partial charge in [0.15, 0.2) is 5.78 Å². The second kappa shape index (κ2) is 3.68. The number of rotatable bonds is 0. The molecule has 0 N–H and O–H groups in total. The van der Waals surface area contributed by atoms with Gasteiger partial charge in [-0.05, 0) is 30.4 Å². The van der Waals surface area contributed by atoms with Gasteiger partial charge in [0.1, 0.15) is 0 Å². The fourth-order valence-electron chi connectivity index (χ4n) is 3.79. The van der Waals surface area contributed by atoms with Gasteiger partial charge in [0.2, 0.25) is 0 Å². The molecule has 1 aromatic carbocycles. The zero-order chi connectivity index (χ0) is 12.1. The number of hydrogen-bond acceptors (Lipinski definition) is 1. The minimum atomic E-state index is 0.339. The highest BCUT2D eigenvalue weighted by Crippen LogP contribution is 2.47. The van der Waals surface area contributed by atoms with E-state index in [0.29, 0.717) is 24.0 Å². The van der Waals surface area contributed by atoms with Gasteiger partial charge in [0, 0.05) is 23.8 Å². The maximum atomic E-state index is 12.0. The molecule has 1 nitrogen and oxygen atoms in total. The van der Waals surface area contributed by atoms with Crippen LogP contribution in [0.25, 0.3) is 0 Å². The predicted molar refractivity (Wildman–Crippen MR) is 71.9 cm³/mol. The Morgan fingerprint density at radius 2 is 2.11 bits per heavy atom. The Morgan fingerprint density at radius 3 is 3.06 bits per heavy atom. The van der Waals surface area contributed by atoms with Gasteiger partial charge in [-0.2, -0.15) is 0 Å². The molecule has 0 radical (unpaired) electrons. The lowest BCUT2D eigenvalue weighted by Crippen LogP contribution is -2.23. The second-order valence-corrected chi connectivity index (χ2v) is 5.58. The minimum absolute atomic E-state index is 0.339. The van der Waals surface area contributed by atoms with E-state index >= 15 is 0 Å². The zero-order valence-corrected chi connectivity index (χ0v) is 10.4. The van der Waals surface area contributed by atoms with E-state index in [0.717, 1.165) is 24.8 Å². The lowest BCUT2D eigenvalue weighted by Gasteiger charge is -2.36. The van der Waals surface area contributed by atoms with Crippen LogP contribution in [0.3, 0.4) is 0 Å². The highest BCUT2D eigenvalue weighted by atomic mass is 16.1. The Morgan fingerprint density at radius 1 is 1.17 bits per heavy atom. The van der Waals surface area contributed by atoms with Gasteiger partial charge >= 0.3 is 0 Å². The smallest absolute Gasteiger partial charge is 0.163 e. The molecule has 3 aliphatic rings. The topological polar surface area (TPSA) is 17.1 Å². The Kier molecular flexibility index (Phi) is 2.11. The van der Waals surface area contributed by atoms with Gasteiger partial charge in [-0.1, -0.05) is 42.0 Å². The molecule has 18 heavy (non-hydrogen) atoms. The van der Waals surface area contributed by atoms with Crippen molar-refractivity contribution in [2.75, 3.05) is 0 Å². The van der Waals surface area contributed by atoms with Crippen molar-refractivity contribution >= 4 is 5.78 Å². The maximum absolute atomic E-state index is 12.0. The van der Waals surface area contributed by atoms with Crippen molar-refractivity contribution < 1.29 is 4.79 Å². The van der Waals surface area contributed by atoms with Gasteiger partial charge in [0.05, 0.1) is 0 Å². The molecule has 0 bridgehead atoms. The summed E-state index contributed by atoms with van der Waals surface area (Å²) in [6.45, 7) is 0. The number of ketones is 1. The molecular weight excluding hydrogens is 220 g/mol. The Bertz CT molecular complexity index is 592. The summed E-state index contributed by atoms with van der Waals surface area (Å²) in [4.78, 5) is 12.0. The lowest BCUT2D eigenvalue weighted by molar-refractivity contribution is 0.0969. The van der Waals surface area contributed by atoms with Crippen molar-refractivity contribution in [3.8, 4) is 0 Å². The molecule has 0 spiro atoms. The first-order valence-corrected chi connectivity index (χ1v) is 6.86. The van der Waals surface area contributed by atoms with E-state index in [1.54, 1.807) is 5.57 Å². The molecular formula is C17H16O. The summed E-state index contributed by atoms with van der Waals surface area (Å²) in [5, 5.41) is 0. The SMILES string of the molecule is O=C1CCC2C=C3CC=CCC3c3cccc1c32. The molecule has 2 unspecified atom stereocenters. The van der Waals surface area contributed by atoms with E-state index in [2.05, 4.69) is 30.4 Å². The van der Waals surface area contributed by atoms with Crippen molar-refractivity contribution in [2.45, 2.75) is 37.5 Å². The largest absolute Gasteiger partial charge is 0.294 e. The first-order valence-electron chi connectivity index (χ1n) is 6.86. The van der Waals surface area contributed by atoms with E-state index in [-0.39, 0.29) is 0 Å². The average molecular weight is 236 g/mol. The Hall–Kier alpha value is -1.63. The molecule has 2 atom stereocenters. The number of carbonyl (C=O) groups excluding carboxylic acids is 1. The van der Waals surface area contributed by atoms with Crippen molar-refractivity contribution in [1.82, 2.24) is 0 Å². The molecule has 0 amide bonds. The van der Waals surface area contributed by atoms with E-state index < -0.39 is 0 Å².